The summed E-state index contributed by atoms with van der Waals surface area (Å²) in [4.78, 5) is 50.0. The van der Waals surface area contributed by atoms with Gasteiger partial charge in [-0.25, -0.2) is 9.59 Å². The van der Waals surface area contributed by atoms with E-state index in [-0.39, 0.29) is 36.7 Å². The van der Waals surface area contributed by atoms with Crippen molar-refractivity contribution in [3.05, 3.63) is 111 Å². The third-order valence-corrected chi connectivity index (χ3v) is 7.26. The van der Waals surface area contributed by atoms with Gasteiger partial charge in [0.2, 0.25) is 11.8 Å². The Balaban J connectivity index is 1.16. The molecule has 1 N–H and O–H groups in total. The van der Waals surface area contributed by atoms with Crippen LogP contribution in [0.15, 0.2) is 94.5 Å². The molecule has 2 amide bonds. The molecule has 2 heterocycles. The SMILES string of the molecule is O=C(Nc1ccc(SC2=C(OC(=O)OCc3ccccc3)N3C(=O)CC3C2)cc1)OCc1ccc([N+](=O)[O-])cc1. The van der Waals surface area contributed by atoms with E-state index in [1.54, 1.807) is 24.3 Å². The van der Waals surface area contributed by atoms with E-state index >= 15 is 0 Å². The first-order valence-electron chi connectivity index (χ1n) is 12.2. The maximum atomic E-state index is 12.4. The van der Waals surface area contributed by atoms with E-state index in [1.807, 2.05) is 30.3 Å². The summed E-state index contributed by atoms with van der Waals surface area (Å²) in [7, 11) is 0. The van der Waals surface area contributed by atoms with Crippen molar-refractivity contribution >= 4 is 41.3 Å². The topological polar surface area (TPSA) is 137 Å². The summed E-state index contributed by atoms with van der Waals surface area (Å²) in [6, 6.07) is 21.8. The number of nitrogens with one attached hydrogen (secondary N) is 1. The van der Waals surface area contributed by atoms with Gasteiger partial charge in [-0.05, 0) is 47.5 Å². The summed E-state index contributed by atoms with van der Waals surface area (Å²) in [5.41, 5.74) is 1.88. The molecular weight excluding hydrogens is 538 g/mol. The fourth-order valence-electron chi connectivity index (χ4n) is 4.14. The molecule has 204 valence electrons. The van der Waals surface area contributed by atoms with E-state index in [2.05, 4.69) is 5.32 Å². The number of nitro benzene ring substituents is 1. The molecule has 2 aliphatic rings. The molecule has 40 heavy (non-hydrogen) atoms. The Morgan fingerprint density at radius 1 is 0.925 bits per heavy atom. The van der Waals surface area contributed by atoms with Crippen molar-refractivity contribution in [2.75, 3.05) is 5.32 Å². The zero-order valence-corrected chi connectivity index (χ0v) is 21.8. The number of benzene rings is 3. The maximum Gasteiger partial charge on any atom is 0.515 e. The van der Waals surface area contributed by atoms with E-state index in [0.717, 1.165) is 15.4 Å². The van der Waals surface area contributed by atoms with Crippen LogP contribution < -0.4 is 5.32 Å². The van der Waals surface area contributed by atoms with Crippen LogP contribution in [-0.2, 0) is 32.2 Å². The van der Waals surface area contributed by atoms with E-state index in [4.69, 9.17) is 14.2 Å². The van der Waals surface area contributed by atoms with Gasteiger partial charge in [0.05, 0.1) is 15.9 Å². The molecule has 0 bridgehead atoms. The summed E-state index contributed by atoms with van der Waals surface area (Å²) in [6.45, 7) is 0.0104. The summed E-state index contributed by atoms with van der Waals surface area (Å²) in [6.07, 6.45) is -0.609. The minimum absolute atomic E-state index is 0.0428. The molecule has 0 aliphatic carbocycles. The van der Waals surface area contributed by atoms with Gasteiger partial charge in [0.25, 0.3) is 5.69 Å². The number of amides is 2. The predicted molar refractivity (Wildman–Crippen MR) is 144 cm³/mol. The highest BCUT2D eigenvalue weighted by molar-refractivity contribution is 8.03. The van der Waals surface area contributed by atoms with Gasteiger partial charge in [0, 0.05) is 35.6 Å². The lowest BCUT2D eigenvalue weighted by Crippen LogP contribution is -2.49. The number of thioether (sulfide) groups is 1. The number of β-lactam (4-membered cyclic amide) rings is 1. The molecule has 11 nitrogen and oxygen atoms in total. The standard InChI is InChI=1S/C28H23N3O8S/c32-25-15-22-14-24(26(30(22)25)39-28(34)38-17-18-4-2-1-3-5-18)40-23-12-8-20(9-13-23)29-27(33)37-16-19-6-10-21(11-7-19)31(35)36/h1-13,22H,14-17H2,(H,29,33). The third kappa shape index (κ3) is 6.41. The molecular formula is C28H23N3O8S. The number of hydrogen-bond donors (Lipinski definition) is 1. The Morgan fingerprint density at radius 2 is 1.60 bits per heavy atom. The highest BCUT2D eigenvalue weighted by Gasteiger charge is 2.47. The number of anilines is 1. The van der Waals surface area contributed by atoms with Crippen molar-refractivity contribution < 1.29 is 33.5 Å². The quantitative estimate of drug-likeness (QED) is 0.145. The van der Waals surface area contributed by atoms with Crippen LogP contribution in [0.4, 0.5) is 21.0 Å². The van der Waals surface area contributed by atoms with Crippen molar-refractivity contribution in [1.29, 1.82) is 0 Å². The number of rotatable bonds is 9. The van der Waals surface area contributed by atoms with E-state index in [9.17, 15) is 24.5 Å². The number of nitro groups is 1. The zero-order chi connectivity index (χ0) is 28.1. The second-order valence-electron chi connectivity index (χ2n) is 8.93. The highest BCUT2D eigenvalue weighted by atomic mass is 32.2. The second kappa shape index (κ2) is 11.9. The Labute approximate surface area is 232 Å². The van der Waals surface area contributed by atoms with Crippen LogP contribution in [-0.4, -0.2) is 34.0 Å². The second-order valence-corrected chi connectivity index (χ2v) is 10.1. The first-order chi connectivity index (χ1) is 19.4. The van der Waals surface area contributed by atoms with E-state index < -0.39 is 17.2 Å². The number of non-ortho nitro benzene ring substituents is 1. The Kier molecular flexibility index (Phi) is 7.97. The lowest BCUT2D eigenvalue weighted by atomic mass is 10.0. The summed E-state index contributed by atoms with van der Waals surface area (Å²) in [5.74, 6) is 0.0829. The van der Waals surface area contributed by atoms with Gasteiger partial charge >= 0.3 is 12.2 Å². The molecule has 2 aliphatic heterocycles. The van der Waals surface area contributed by atoms with Gasteiger partial charge in [-0.15, -0.1) is 0 Å². The lowest BCUT2D eigenvalue weighted by molar-refractivity contribution is -0.384. The van der Waals surface area contributed by atoms with Crippen LogP contribution in [0.1, 0.15) is 24.0 Å². The number of ether oxygens (including phenoxy) is 3. The van der Waals surface area contributed by atoms with Crippen LogP contribution >= 0.6 is 11.8 Å². The molecule has 1 saturated heterocycles. The first-order valence-corrected chi connectivity index (χ1v) is 13.1. The highest BCUT2D eigenvalue weighted by Crippen LogP contribution is 2.45. The van der Waals surface area contributed by atoms with E-state index in [0.29, 0.717) is 24.1 Å². The fourth-order valence-corrected chi connectivity index (χ4v) is 5.20. The van der Waals surface area contributed by atoms with Gasteiger partial charge in [0.15, 0.2) is 0 Å². The maximum absolute atomic E-state index is 12.4. The number of nitrogens with zero attached hydrogens (tertiary/aromatic N) is 2. The smallest absolute Gasteiger partial charge is 0.444 e. The average Bonchev–Trinajstić information content (AvgIpc) is 3.22. The molecule has 0 saturated carbocycles. The van der Waals surface area contributed by atoms with Crippen molar-refractivity contribution in [3.8, 4) is 0 Å². The number of carbonyl (C=O) groups excluding carboxylic acids is 3. The lowest BCUT2D eigenvalue weighted by Gasteiger charge is -2.34. The normalized spacial score (nSPS) is 15.7. The van der Waals surface area contributed by atoms with Crippen molar-refractivity contribution in [2.24, 2.45) is 0 Å². The summed E-state index contributed by atoms with van der Waals surface area (Å²) in [5, 5.41) is 13.4. The van der Waals surface area contributed by atoms with Gasteiger partial charge < -0.3 is 14.2 Å². The molecule has 3 aromatic rings. The largest absolute Gasteiger partial charge is 0.515 e. The Bertz CT molecular complexity index is 1460. The zero-order valence-electron chi connectivity index (χ0n) is 21.0. The molecule has 1 unspecified atom stereocenters. The van der Waals surface area contributed by atoms with Crippen LogP contribution in [0.5, 0.6) is 0 Å². The number of fused-ring (bicyclic) bond motifs is 1. The summed E-state index contributed by atoms with van der Waals surface area (Å²) >= 11 is 1.36. The molecule has 5 rings (SSSR count). The van der Waals surface area contributed by atoms with Crippen LogP contribution in [0, 0.1) is 10.1 Å². The van der Waals surface area contributed by atoms with Crippen molar-refractivity contribution in [3.63, 3.8) is 0 Å². The molecule has 0 spiro atoms. The third-order valence-electron chi connectivity index (χ3n) is 6.16. The average molecular weight is 562 g/mol. The van der Waals surface area contributed by atoms with Crippen LogP contribution in [0.3, 0.4) is 0 Å². The molecule has 0 radical (unpaired) electrons. The monoisotopic (exact) mass is 561 g/mol. The Hall–Kier alpha value is -4.84. The van der Waals surface area contributed by atoms with Gasteiger partial charge in [-0.1, -0.05) is 42.1 Å². The molecule has 3 aromatic carbocycles. The van der Waals surface area contributed by atoms with Gasteiger partial charge in [0.1, 0.15) is 13.2 Å². The summed E-state index contributed by atoms with van der Waals surface area (Å²) < 4.78 is 15.9. The van der Waals surface area contributed by atoms with E-state index in [1.165, 1.54) is 40.9 Å². The minimum Gasteiger partial charge on any atom is -0.444 e. The number of carbonyl (C=O) groups is 3. The minimum atomic E-state index is -0.885. The van der Waals surface area contributed by atoms with Gasteiger partial charge in [-0.2, -0.15) is 0 Å². The van der Waals surface area contributed by atoms with Crippen molar-refractivity contribution in [2.45, 2.75) is 37.0 Å². The predicted octanol–water partition coefficient (Wildman–Crippen LogP) is 5.96. The fraction of sp³-hybridized carbons (Fsp3) is 0.179. The van der Waals surface area contributed by atoms with Gasteiger partial charge in [-0.3, -0.25) is 25.1 Å². The molecule has 0 aromatic heterocycles. The van der Waals surface area contributed by atoms with Crippen molar-refractivity contribution in [1.82, 2.24) is 4.90 Å². The number of hydrogen-bond acceptors (Lipinski definition) is 9. The molecule has 12 heteroatoms. The molecule has 1 fully saturated rings. The van der Waals surface area contributed by atoms with Crippen LogP contribution in [0.2, 0.25) is 0 Å². The van der Waals surface area contributed by atoms with Crippen LogP contribution in [0.25, 0.3) is 0 Å². The first kappa shape index (κ1) is 26.8. The molecule has 1 atom stereocenters. The Morgan fingerprint density at radius 3 is 2.27 bits per heavy atom.